The molecular formula is C11H14BrNO2S. The Morgan fingerprint density at radius 1 is 1.81 bits per heavy atom. The molecule has 0 aliphatic heterocycles. The molecule has 1 heterocycles. The van der Waals surface area contributed by atoms with Crippen LogP contribution in [0.4, 0.5) is 0 Å². The summed E-state index contributed by atoms with van der Waals surface area (Å²) in [5.74, 6) is -0.282. The molecule has 5 heteroatoms. The Hall–Kier alpha value is -0.650. The first-order chi connectivity index (χ1) is 7.60. The zero-order valence-corrected chi connectivity index (χ0v) is 11.7. The van der Waals surface area contributed by atoms with Crippen molar-refractivity contribution in [1.82, 2.24) is 5.32 Å². The topological polar surface area (TPSA) is 38.3 Å². The van der Waals surface area contributed by atoms with Gasteiger partial charge in [-0.2, -0.15) is 0 Å². The predicted octanol–water partition coefficient (Wildman–Crippen LogP) is 2.81. The van der Waals surface area contributed by atoms with Crippen molar-refractivity contribution in [3.63, 3.8) is 0 Å². The first-order valence-electron chi connectivity index (χ1n) is 4.78. The van der Waals surface area contributed by atoms with E-state index >= 15 is 0 Å². The number of nitrogens with one attached hydrogen (secondary N) is 1. The van der Waals surface area contributed by atoms with Gasteiger partial charge in [-0.25, -0.2) is 4.79 Å². The van der Waals surface area contributed by atoms with Gasteiger partial charge in [-0.1, -0.05) is 6.08 Å². The molecule has 1 N–H and O–H groups in total. The molecule has 0 saturated carbocycles. The molecule has 1 atom stereocenters. The fourth-order valence-electron chi connectivity index (χ4n) is 1.24. The Morgan fingerprint density at radius 3 is 2.94 bits per heavy atom. The van der Waals surface area contributed by atoms with Gasteiger partial charge in [-0.3, -0.25) is 5.32 Å². The lowest BCUT2D eigenvalue weighted by molar-refractivity contribution is -0.143. The van der Waals surface area contributed by atoms with Gasteiger partial charge in [0.2, 0.25) is 0 Å². The highest BCUT2D eigenvalue weighted by atomic mass is 79.9. The monoisotopic (exact) mass is 303 g/mol. The number of esters is 1. The van der Waals surface area contributed by atoms with Gasteiger partial charge in [0.25, 0.3) is 0 Å². The predicted molar refractivity (Wildman–Crippen MR) is 69.7 cm³/mol. The number of thiophene rings is 1. The van der Waals surface area contributed by atoms with Crippen LogP contribution in [0.5, 0.6) is 0 Å². The summed E-state index contributed by atoms with van der Waals surface area (Å²) in [6.45, 7) is 6.18. The van der Waals surface area contributed by atoms with E-state index in [1.165, 1.54) is 7.11 Å². The van der Waals surface area contributed by atoms with E-state index in [1.54, 1.807) is 17.4 Å². The molecular weight excluding hydrogens is 290 g/mol. The largest absolute Gasteiger partial charge is 0.468 e. The van der Waals surface area contributed by atoms with Crippen molar-refractivity contribution in [2.24, 2.45) is 0 Å². The highest BCUT2D eigenvalue weighted by molar-refractivity contribution is 9.10. The zero-order chi connectivity index (χ0) is 12.1. The second-order valence-electron chi connectivity index (χ2n) is 3.21. The molecule has 1 aromatic rings. The summed E-state index contributed by atoms with van der Waals surface area (Å²) < 4.78 is 5.78. The molecule has 0 radical (unpaired) electrons. The van der Waals surface area contributed by atoms with E-state index in [-0.39, 0.29) is 5.97 Å². The summed E-state index contributed by atoms with van der Waals surface area (Å²) in [6.07, 6.45) is 1.71. The molecule has 88 valence electrons. The van der Waals surface area contributed by atoms with E-state index in [4.69, 9.17) is 4.74 Å². The van der Waals surface area contributed by atoms with Gasteiger partial charge in [0.05, 0.1) is 7.11 Å². The Labute approximate surface area is 108 Å². The minimum absolute atomic E-state index is 0.282. The number of carbonyl (C=O) groups excluding carboxylic acids is 1. The van der Waals surface area contributed by atoms with E-state index in [9.17, 15) is 4.79 Å². The number of rotatable bonds is 5. The normalized spacial score (nSPS) is 12.2. The van der Waals surface area contributed by atoms with Crippen LogP contribution in [0.2, 0.25) is 0 Å². The fourth-order valence-corrected chi connectivity index (χ4v) is 2.87. The van der Waals surface area contributed by atoms with E-state index < -0.39 is 6.04 Å². The Bertz CT molecular complexity index is 370. The third-order valence-electron chi connectivity index (χ3n) is 2.06. The summed E-state index contributed by atoms with van der Waals surface area (Å²) in [7, 11) is 1.39. The number of carbonyl (C=O) groups is 1. The quantitative estimate of drug-likeness (QED) is 0.671. The third kappa shape index (κ3) is 3.17. The molecule has 3 nitrogen and oxygen atoms in total. The molecule has 0 bridgehead atoms. The standard InChI is InChI=1S/C11H14BrNO2S/c1-4-5-13-10(11(14)15-3)9-6-8(12)7(2)16-9/h4,6,10,13H,1,5H2,2-3H3. The summed E-state index contributed by atoms with van der Waals surface area (Å²) in [6, 6.07) is 1.52. The summed E-state index contributed by atoms with van der Waals surface area (Å²) in [4.78, 5) is 13.7. The Balaban J connectivity index is 2.91. The number of methoxy groups -OCH3 is 1. The van der Waals surface area contributed by atoms with E-state index in [1.807, 2.05) is 13.0 Å². The molecule has 0 saturated heterocycles. The number of hydrogen-bond donors (Lipinski definition) is 1. The van der Waals surface area contributed by atoms with Crippen LogP contribution in [-0.4, -0.2) is 19.6 Å². The number of hydrogen-bond acceptors (Lipinski definition) is 4. The van der Waals surface area contributed by atoms with Crippen LogP contribution in [0, 0.1) is 6.92 Å². The van der Waals surface area contributed by atoms with Crippen LogP contribution in [0.15, 0.2) is 23.2 Å². The minimum Gasteiger partial charge on any atom is -0.468 e. The fraction of sp³-hybridized carbons (Fsp3) is 0.364. The minimum atomic E-state index is -0.419. The van der Waals surface area contributed by atoms with Crippen molar-refractivity contribution in [2.45, 2.75) is 13.0 Å². The second-order valence-corrected chi connectivity index (χ2v) is 5.35. The van der Waals surface area contributed by atoms with Crippen molar-refractivity contribution in [2.75, 3.05) is 13.7 Å². The number of aryl methyl sites for hydroxylation is 1. The molecule has 1 aromatic heterocycles. The highest BCUT2D eigenvalue weighted by Gasteiger charge is 2.22. The third-order valence-corrected chi connectivity index (χ3v) is 4.27. The maximum atomic E-state index is 11.6. The van der Waals surface area contributed by atoms with Crippen LogP contribution in [0.1, 0.15) is 15.8 Å². The molecule has 0 aromatic carbocycles. The lowest BCUT2D eigenvalue weighted by Gasteiger charge is -2.13. The van der Waals surface area contributed by atoms with Gasteiger partial charge < -0.3 is 4.74 Å². The van der Waals surface area contributed by atoms with Gasteiger partial charge >= 0.3 is 5.97 Å². The van der Waals surface area contributed by atoms with Crippen LogP contribution in [0.25, 0.3) is 0 Å². The van der Waals surface area contributed by atoms with E-state index in [0.29, 0.717) is 6.54 Å². The van der Waals surface area contributed by atoms with Gasteiger partial charge in [0, 0.05) is 20.8 Å². The van der Waals surface area contributed by atoms with Crippen LogP contribution >= 0.6 is 27.3 Å². The van der Waals surface area contributed by atoms with Crippen molar-refractivity contribution in [3.8, 4) is 0 Å². The van der Waals surface area contributed by atoms with Crippen molar-refractivity contribution < 1.29 is 9.53 Å². The van der Waals surface area contributed by atoms with Crippen LogP contribution in [-0.2, 0) is 9.53 Å². The maximum Gasteiger partial charge on any atom is 0.328 e. The van der Waals surface area contributed by atoms with Crippen molar-refractivity contribution >= 4 is 33.2 Å². The molecule has 0 aliphatic rings. The smallest absolute Gasteiger partial charge is 0.328 e. The molecule has 1 rings (SSSR count). The molecule has 16 heavy (non-hydrogen) atoms. The number of ether oxygens (including phenoxy) is 1. The van der Waals surface area contributed by atoms with Crippen LogP contribution < -0.4 is 5.32 Å². The summed E-state index contributed by atoms with van der Waals surface area (Å²) >= 11 is 5.01. The van der Waals surface area contributed by atoms with Gasteiger partial charge in [-0.15, -0.1) is 17.9 Å². The van der Waals surface area contributed by atoms with Crippen molar-refractivity contribution in [3.05, 3.63) is 32.9 Å². The Morgan fingerprint density at radius 2 is 2.50 bits per heavy atom. The molecule has 0 spiro atoms. The van der Waals surface area contributed by atoms with E-state index in [2.05, 4.69) is 27.8 Å². The van der Waals surface area contributed by atoms with Gasteiger partial charge in [-0.05, 0) is 28.9 Å². The van der Waals surface area contributed by atoms with Crippen molar-refractivity contribution in [1.29, 1.82) is 0 Å². The lowest BCUT2D eigenvalue weighted by atomic mass is 10.2. The van der Waals surface area contributed by atoms with Crippen LogP contribution in [0.3, 0.4) is 0 Å². The number of halogens is 1. The maximum absolute atomic E-state index is 11.6. The second kappa shape index (κ2) is 6.18. The molecule has 1 unspecified atom stereocenters. The lowest BCUT2D eigenvalue weighted by Crippen LogP contribution is -2.28. The average molecular weight is 304 g/mol. The first kappa shape index (κ1) is 13.4. The highest BCUT2D eigenvalue weighted by Crippen LogP contribution is 2.31. The molecule has 0 amide bonds. The van der Waals surface area contributed by atoms with E-state index in [0.717, 1.165) is 14.2 Å². The van der Waals surface area contributed by atoms with Gasteiger partial charge in [0.15, 0.2) is 0 Å². The summed E-state index contributed by atoms with van der Waals surface area (Å²) in [5, 5.41) is 3.07. The summed E-state index contributed by atoms with van der Waals surface area (Å²) in [5.41, 5.74) is 0. The molecule has 0 fully saturated rings. The zero-order valence-electron chi connectivity index (χ0n) is 9.25. The molecule has 0 aliphatic carbocycles. The average Bonchev–Trinajstić information content (AvgIpc) is 2.59. The SMILES string of the molecule is C=CCNC(C(=O)OC)c1cc(Br)c(C)s1. The van der Waals surface area contributed by atoms with Gasteiger partial charge in [0.1, 0.15) is 6.04 Å². The first-order valence-corrected chi connectivity index (χ1v) is 6.39. The Kier molecular flexibility index (Phi) is 5.18.